The van der Waals surface area contributed by atoms with E-state index in [1.807, 2.05) is 0 Å². The molecule has 0 spiro atoms. The summed E-state index contributed by atoms with van der Waals surface area (Å²) in [6, 6.07) is 5.06. The van der Waals surface area contributed by atoms with Crippen LogP contribution in [0, 0.1) is 0 Å². The first kappa shape index (κ1) is 27.8. The SMILES string of the molecule is O=S(=O)(O)c1cc(S(=O)(=O)c2ccc(Cl)c(S(=O)(=O)O)c2)ccc1Cl.[Na].[Na]. The largest absolute Gasteiger partial charge is 0.296 e. The van der Waals surface area contributed by atoms with Gasteiger partial charge in [-0.25, -0.2) is 8.42 Å². The first-order valence-corrected chi connectivity index (χ1v) is 11.2. The summed E-state index contributed by atoms with van der Waals surface area (Å²) in [6.45, 7) is 0. The fraction of sp³-hybridized carbons (Fsp3) is 0. The average Bonchev–Trinajstić information content (AvgIpc) is 2.45. The molecule has 2 rings (SSSR count). The van der Waals surface area contributed by atoms with Crippen molar-refractivity contribution in [3.05, 3.63) is 46.4 Å². The summed E-state index contributed by atoms with van der Waals surface area (Å²) in [4.78, 5) is -2.82. The van der Waals surface area contributed by atoms with Crippen molar-refractivity contribution in [2.75, 3.05) is 0 Å². The number of hydrogen-bond acceptors (Lipinski definition) is 6. The van der Waals surface area contributed by atoms with E-state index >= 15 is 0 Å². The number of halogens is 2. The van der Waals surface area contributed by atoms with Crippen LogP contribution in [-0.2, 0) is 30.1 Å². The summed E-state index contributed by atoms with van der Waals surface area (Å²) in [6.07, 6.45) is 0. The molecule has 8 nitrogen and oxygen atoms in total. The molecule has 2 aromatic rings. The Labute approximate surface area is 210 Å². The van der Waals surface area contributed by atoms with Crippen molar-refractivity contribution < 1.29 is 34.4 Å². The van der Waals surface area contributed by atoms with Crippen LogP contribution >= 0.6 is 23.2 Å². The smallest absolute Gasteiger partial charge is 0.282 e. The van der Waals surface area contributed by atoms with Gasteiger partial charge in [0.15, 0.2) is 0 Å². The van der Waals surface area contributed by atoms with Crippen molar-refractivity contribution in [2.24, 2.45) is 0 Å². The summed E-state index contributed by atoms with van der Waals surface area (Å²) in [5, 5.41) is -0.813. The van der Waals surface area contributed by atoms with Crippen LogP contribution in [0.5, 0.6) is 0 Å². The van der Waals surface area contributed by atoms with E-state index in [9.17, 15) is 25.3 Å². The van der Waals surface area contributed by atoms with Crippen molar-refractivity contribution in [3.8, 4) is 0 Å². The Kier molecular flexibility index (Phi) is 10.0. The fourth-order valence-electron chi connectivity index (χ4n) is 1.83. The quantitative estimate of drug-likeness (QED) is 0.483. The molecule has 0 aliphatic carbocycles. The molecular weight excluding hydrogens is 485 g/mol. The molecule has 2 N–H and O–H groups in total. The van der Waals surface area contributed by atoms with Crippen LogP contribution in [-0.4, -0.2) is 93.5 Å². The molecule has 27 heavy (non-hydrogen) atoms. The number of rotatable bonds is 4. The molecule has 0 amide bonds. The second-order valence-electron chi connectivity index (χ2n) is 4.64. The maximum atomic E-state index is 12.6. The molecule has 0 fully saturated rings. The van der Waals surface area contributed by atoms with Gasteiger partial charge >= 0.3 is 0 Å². The number of hydrogen-bond donors (Lipinski definition) is 2. The maximum absolute atomic E-state index is 12.6. The third kappa shape index (κ3) is 6.38. The van der Waals surface area contributed by atoms with Gasteiger partial charge in [0.05, 0.1) is 19.8 Å². The van der Waals surface area contributed by atoms with Crippen molar-refractivity contribution in [1.82, 2.24) is 0 Å². The average molecular weight is 493 g/mol. The number of sulfone groups is 1. The van der Waals surface area contributed by atoms with Crippen LogP contribution < -0.4 is 0 Å². The Balaban J connectivity index is 0.00000338. The molecule has 0 bridgehead atoms. The second kappa shape index (κ2) is 9.73. The molecule has 138 valence electrons. The summed E-state index contributed by atoms with van der Waals surface area (Å²) >= 11 is 11.2. The molecule has 0 saturated heterocycles. The van der Waals surface area contributed by atoms with Crippen LogP contribution in [0.2, 0.25) is 10.0 Å². The van der Waals surface area contributed by atoms with Gasteiger partial charge in [-0.15, -0.1) is 0 Å². The zero-order chi connectivity index (χ0) is 19.2. The Morgan fingerprint density at radius 1 is 0.630 bits per heavy atom. The van der Waals surface area contributed by atoms with E-state index in [0.29, 0.717) is 12.1 Å². The summed E-state index contributed by atoms with van der Waals surface area (Å²) < 4.78 is 88.3. The van der Waals surface area contributed by atoms with E-state index in [1.165, 1.54) is 0 Å². The second-order valence-corrected chi connectivity index (χ2v) is 10.2. The minimum atomic E-state index is -4.79. The van der Waals surface area contributed by atoms with E-state index in [2.05, 4.69) is 0 Å². The molecule has 0 atom stereocenters. The van der Waals surface area contributed by atoms with Gasteiger partial charge in [-0.3, -0.25) is 9.11 Å². The maximum Gasteiger partial charge on any atom is 0.296 e. The Bertz CT molecular complexity index is 1090. The standard InChI is InChI=1S/C12H8Cl2O8S3.2Na/c13-9-3-1-7(5-11(9)24(17,18)19)23(15,16)8-2-4-10(14)12(6-8)25(20,21)22;;/h1-6H,(H,17,18,19)(H,20,21,22);;. The van der Waals surface area contributed by atoms with Gasteiger partial charge in [0, 0.05) is 59.1 Å². The van der Waals surface area contributed by atoms with E-state index in [1.54, 1.807) is 0 Å². The van der Waals surface area contributed by atoms with Crippen molar-refractivity contribution in [1.29, 1.82) is 0 Å². The van der Waals surface area contributed by atoms with E-state index < -0.39 is 59.7 Å². The first-order chi connectivity index (χ1) is 11.2. The van der Waals surface area contributed by atoms with E-state index in [0.717, 1.165) is 24.3 Å². The van der Waals surface area contributed by atoms with Crippen LogP contribution in [0.15, 0.2) is 56.0 Å². The van der Waals surface area contributed by atoms with Crippen molar-refractivity contribution >= 4 is 112 Å². The van der Waals surface area contributed by atoms with Crippen LogP contribution in [0.1, 0.15) is 0 Å². The van der Waals surface area contributed by atoms with E-state index in [-0.39, 0.29) is 59.1 Å². The monoisotopic (exact) mass is 492 g/mol. The van der Waals surface area contributed by atoms with Crippen LogP contribution in [0.4, 0.5) is 0 Å². The molecule has 0 saturated carbocycles. The Morgan fingerprint density at radius 3 is 1.19 bits per heavy atom. The van der Waals surface area contributed by atoms with Crippen molar-refractivity contribution in [2.45, 2.75) is 19.6 Å². The van der Waals surface area contributed by atoms with Gasteiger partial charge in [0.2, 0.25) is 9.84 Å². The Morgan fingerprint density at radius 2 is 0.926 bits per heavy atom. The summed E-state index contributed by atoms with van der Waals surface area (Å²) in [7, 11) is -14.0. The van der Waals surface area contributed by atoms with Gasteiger partial charge in [-0.1, -0.05) is 23.2 Å². The molecule has 0 heterocycles. The van der Waals surface area contributed by atoms with Crippen LogP contribution in [0.3, 0.4) is 0 Å². The third-order valence-corrected chi connectivity index (χ3v) is 7.40. The molecule has 0 aromatic heterocycles. The molecular formula is C12H8Cl2Na2O8S3. The molecule has 2 aromatic carbocycles. The molecule has 0 aliphatic rings. The predicted octanol–water partition coefficient (Wildman–Crippen LogP) is 1.56. The predicted molar refractivity (Wildman–Crippen MR) is 99.5 cm³/mol. The Hall–Kier alpha value is 0.790. The molecule has 15 heteroatoms. The van der Waals surface area contributed by atoms with Gasteiger partial charge in [0.1, 0.15) is 9.79 Å². The van der Waals surface area contributed by atoms with Gasteiger partial charge in [-0.05, 0) is 36.4 Å². The molecule has 2 radical (unpaired) electrons. The third-order valence-electron chi connectivity index (χ3n) is 2.98. The summed E-state index contributed by atoms with van der Waals surface area (Å²) in [5.41, 5.74) is 0. The first-order valence-electron chi connectivity index (χ1n) is 6.04. The van der Waals surface area contributed by atoms with Crippen molar-refractivity contribution in [3.63, 3.8) is 0 Å². The van der Waals surface area contributed by atoms with Crippen LogP contribution in [0.25, 0.3) is 0 Å². The molecule has 0 unspecified atom stereocenters. The minimum absolute atomic E-state index is 0. The fourth-order valence-corrected chi connectivity index (χ4v) is 5.30. The molecule has 0 aliphatic heterocycles. The zero-order valence-electron chi connectivity index (χ0n) is 13.8. The zero-order valence-corrected chi connectivity index (χ0v) is 21.8. The minimum Gasteiger partial charge on any atom is -0.282 e. The normalized spacial score (nSPS) is 12.0. The van der Waals surface area contributed by atoms with Gasteiger partial charge in [-0.2, -0.15) is 16.8 Å². The van der Waals surface area contributed by atoms with E-state index in [4.69, 9.17) is 32.3 Å². The topological polar surface area (TPSA) is 143 Å². The summed E-state index contributed by atoms with van der Waals surface area (Å²) in [5.74, 6) is 0. The van der Waals surface area contributed by atoms with Gasteiger partial charge < -0.3 is 0 Å². The number of benzene rings is 2. The van der Waals surface area contributed by atoms with Gasteiger partial charge in [0.25, 0.3) is 20.2 Å².